The molecule has 106 valence electrons. The standard InChI is InChI=1S/C7H17N4O6P/c8-6(9)11-7(13)10-3-5(4-12)17-1-2-18(14,15)16/h5,12H,1-4H2,(H2,14,15,16)(H5,8,9,10,11,13)/t5-/m1/s1. The van der Waals surface area contributed by atoms with Gasteiger partial charge in [0.2, 0.25) is 0 Å². The zero-order valence-corrected chi connectivity index (χ0v) is 10.4. The Bertz CT molecular complexity index is 339. The predicted octanol–water partition coefficient (Wildman–Crippen LogP) is -2.48. The van der Waals surface area contributed by atoms with Crippen LogP contribution >= 0.6 is 7.60 Å². The molecular weight excluding hydrogens is 267 g/mol. The van der Waals surface area contributed by atoms with Crippen LogP contribution in [0.2, 0.25) is 0 Å². The number of carbonyl (C=O) groups excluding carboxylic acids is 1. The van der Waals surface area contributed by atoms with Gasteiger partial charge in [0.05, 0.1) is 25.5 Å². The van der Waals surface area contributed by atoms with Gasteiger partial charge in [-0.05, 0) is 0 Å². The van der Waals surface area contributed by atoms with Crippen LogP contribution in [-0.2, 0) is 9.30 Å². The number of nitrogens with two attached hydrogens (primary N) is 2. The van der Waals surface area contributed by atoms with E-state index in [9.17, 15) is 9.36 Å². The van der Waals surface area contributed by atoms with Crippen LogP contribution in [0.1, 0.15) is 0 Å². The number of carbonyl (C=O) groups is 1. The molecule has 0 radical (unpaired) electrons. The van der Waals surface area contributed by atoms with Crippen LogP contribution in [0.15, 0.2) is 4.99 Å². The Morgan fingerprint density at radius 2 is 2.06 bits per heavy atom. The van der Waals surface area contributed by atoms with Crippen LogP contribution in [0, 0.1) is 0 Å². The van der Waals surface area contributed by atoms with Crippen molar-refractivity contribution in [3.05, 3.63) is 0 Å². The number of nitrogens with zero attached hydrogens (tertiary/aromatic N) is 1. The summed E-state index contributed by atoms with van der Waals surface area (Å²) in [5.74, 6) is -0.407. The highest BCUT2D eigenvalue weighted by Gasteiger charge is 2.15. The average molecular weight is 284 g/mol. The number of hydrogen-bond acceptors (Lipinski definition) is 4. The van der Waals surface area contributed by atoms with E-state index in [2.05, 4.69) is 10.3 Å². The molecule has 18 heavy (non-hydrogen) atoms. The highest BCUT2D eigenvalue weighted by molar-refractivity contribution is 7.51. The maximum absolute atomic E-state index is 11.0. The number of nitrogens with one attached hydrogen (secondary N) is 1. The number of aliphatic hydroxyl groups is 1. The van der Waals surface area contributed by atoms with Gasteiger partial charge in [0.15, 0.2) is 5.96 Å². The third-order valence-electron chi connectivity index (χ3n) is 1.65. The minimum atomic E-state index is -4.14. The van der Waals surface area contributed by atoms with Crippen molar-refractivity contribution < 1.29 is 29.0 Å². The molecule has 0 aliphatic carbocycles. The number of urea groups is 1. The van der Waals surface area contributed by atoms with Gasteiger partial charge in [-0.15, -0.1) is 0 Å². The highest BCUT2D eigenvalue weighted by Crippen LogP contribution is 2.33. The van der Waals surface area contributed by atoms with E-state index >= 15 is 0 Å². The van der Waals surface area contributed by atoms with Gasteiger partial charge in [0, 0.05) is 6.54 Å². The molecule has 0 heterocycles. The number of aliphatic imine (C=N–C) groups is 1. The molecule has 1 atom stereocenters. The van der Waals surface area contributed by atoms with Crippen LogP contribution in [-0.4, -0.2) is 58.9 Å². The van der Waals surface area contributed by atoms with Gasteiger partial charge in [-0.25, -0.2) is 4.79 Å². The van der Waals surface area contributed by atoms with Crippen molar-refractivity contribution >= 4 is 19.6 Å². The molecule has 0 bridgehead atoms. The molecule has 10 nitrogen and oxygen atoms in total. The van der Waals surface area contributed by atoms with E-state index in [0.29, 0.717) is 0 Å². The first-order chi connectivity index (χ1) is 8.24. The molecule has 0 aliphatic heterocycles. The normalized spacial score (nSPS) is 12.8. The van der Waals surface area contributed by atoms with Crippen LogP contribution in [0.4, 0.5) is 4.79 Å². The summed E-state index contributed by atoms with van der Waals surface area (Å²) in [5.41, 5.74) is 9.92. The summed E-state index contributed by atoms with van der Waals surface area (Å²) in [6.45, 7) is -0.760. The average Bonchev–Trinajstić information content (AvgIpc) is 2.20. The van der Waals surface area contributed by atoms with E-state index in [1.54, 1.807) is 0 Å². The lowest BCUT2D eigenvalue weighted by Gasteiger charge is -2.15. The Morgan fingerprint density at radius 1 is 1.44 bits per heavy atom. The molecule has 0 saturated heterocycles. The van der Waals surface area contributed by atoms with Gasteiger partial charge in [-0.3, -0.25) is 4.57 Å². The third kappa shape index (κ3) is 10.00. The second-order valence-corrected chi connectivity index (χ2v) is 5.06. The zero-order chi connectivity index (χ0) is 14.2. The van der Waals surface area contributed by atoms with Crippen LogP contribution in [0.3, 0.4) is 0 Å². The van der Waals surface area contributed by atoms with E-state index < -0.39 is 38.5 Å². The smallest absolute Gasteiger partial charge is 0.344 e. The van der Waals surface area contributed by atoms with E-state index in [1.165, 1.54) is 0 Å². The van der Waals surface area contributed by atoms with Gasteiger partial charge in [-0.1, -0.05) is 0 Å². The minimum Gasteiger partial charge on any atom is -0.394 e. The monoisotopic (exact) mass is 284 g/mol. The molecule has 2 amide bonds. The highest BCUT2D eigenvalue weighted by atomic mass is 31.2. The number of rotatable bonds is 7. The molecule has 0 rings (SSSR count). The summed E-state index contributed by atoms with van der Waals surface area (Å²) in [6, 6.07) is -0.799. The largest absolute Gasteiger partial charge is 0.394 e. The molecule has 0 aromatic carbocycles. The molecule has 0 fully saturated rings. The lowest BCUT2D eigenvalue weighted by Crippen LogP contribution is -2.36. The number of hydrogen-bond donors (Lipinski definition) is 6. The number of amides is 2. The van der Waals surface area contributed by atoms with Crippen LogP contribution in [0.5, 0.6) is 0 Å². The first-order valence-electron chi connectivity index (χ1n) is 4.89. The molecule has 0 aromatic rings. The lowest BCUT2D eigenvalue weighted by atomic mass is 10.4. The molecule has 0 saturated carbocycles. The Hall–Kier alpha value is -1.19. The van der Waals surface area contributed by atoms with Gasteiger partial charge >= 0.3 is 13.6 Å². The quantitative estimate of drug-likeness (QED) is 0.169. The lowest BCUT2D eigenvalue weighted by molar-refractivity contribution is 0.0222. The molecule has 0 spiro atoms. The Balaban J connectivity index is 3.94. The summed E-state index contributed by atoms with van der Waals surface area (Å²) in [4.78, 5) is 31.3. The summed E-state index contributed by atoms with van der Waals surface area (Å²) in [6.07, 6.45) is -1.26. The van der Waals surface area contributed by atoms with Crippen LogP contribution < -0.4 is 16.8 Å². The summed E-state index contributed by atoms with van der Waals surface area (Å²) >= 11 is 0. The summed E-state index contributed by atoms with van der Waals surface area (Å²) in [7, 11) is -4.14. The third-order valence-corrected chi connectivity index (χ3v) is 2.42. The van der Waals surface area contributed by atoms with Gasteiger partial charge in [0.25, 0.3) is 0 Å². The fraction of sp³-hybridized carbons (Fsp3) is 0.714. The van der Waals surface area contributed by atoms with Crippen molar-refractivity contribution in [1.82, 2.24) is 5.32 Å². The maximum atomic E-state index is 11.0. The van der Waals surface area contributed by atoms with Crippen molar-refractivity contribution in [3.8, 4) is 0 Å². The predicted molar refractivity (Wildman–Crippen MR) is 62.9 cm³/mol. The summed E-state index contributed by atoms with van der Waals surface area (Å²) < 4.78 is 15.5. The fourth-order valence-electron chi connectivity index (χ4n) is 0.872. The topological polar surface area (TPSA) is 180 Å². The van der Waals surface area contributed by atoms with E-state index in [-0.39, 0.29) is 13.2 Å². The van der Waals surface area contributed by atoms with E-state index in [1.807, 2.05) is 0 Å². The van der Waals surface area contributed by atoms with Crippen molar-refractivity contribution in [3.63, 3.8) is 0 Å². The molecular formula is C7H17N4O6P. The number of aliphatic hydroxyl groups excluding tert-OH is 1. The number of ether oxygens (including phenoxy) is 1. The van der Waals surface area contributed by atoms with Gasteiger partial charge in [-0.2, -0.15) is 4.99 Å². The fourth-order valence-corrected chi connectivity index (χ4v) is 1.22. The van der Waals surface area contributed by atoms with Gasteiger partial charge in [0.1, 0.15) is 0 Å². The Morgan fingerprint density at radius 3 is 2.50 bits per heavy atom. The Kier molecular flexibility index (Phi) is 7.48. The first-order valence-corrected chi connectivity index (χ1v) is 6.69. The molecule has 0 unspecified atom stereocenters. The SMILES string of the molecule is NC(N)=NC(=O)NC[C@H](CO)OCCP(=O)(O)O. The Labute approximate surface area is 103 Å². The van der Waals surface area contributed by atoms with E-state index in [0.717, 1.165) is 0 Å². The van der Waals surface area contributed by atoms with Crippen molar-refractivity contribution in [2.45, 2.75) is 6.10 Å². The second kappa shape index (κ2) is 8.01. The van der Waals surface area contributed by atoms with Crippen molar-refractivity contribution in [2.75, 3.05) is 25.9 Å². The second-order valence-electron chi connectivity index (χ2n) is 3.29. The maximum Gasteiger partial charge on any atom is 0.344 e. The van der Waals surface area contributed by atoms with Crippen molar-refractivity contribution in [2.24, 2.45) is 16.5 Å². The van der Waals surface area contributed by atoms with Crippen LogP contribution in [0.25, 0.3) is 0 Å². The first kappa shape index (κ1) is 16.8. The molecule has 8 N–H and O–H groups in total. The number of guanidine groups is 1. The van der Waals surface area contributed by atoms with Gasteiger partial charge < -0.3 is 36.4 Å². The van der Waals surface area contributed by atoms with E-state index in [4.69, 9.17) is 31.1 Å². The summed E-state index contributed by atoms with van der Waals surface area (Å²) in [5, 5.41) is 11.1. The molecule has 11 heteroatoms. The minimum absolute atomic E-state index is 0.0900. The van der Waals surface area contributed by atoms with Crippen molar-refractivity contribution in [1.29, 1.82) is 0 Å². The molecule has 0 aromatic heterocycles. The zero-order valence-electron chi connectivity index (χ0n) is 9.52. The molecule has 0 aliphatic rings.